The first-order valence-electron chi connectivity index (χ1n) is 4.08. The number of hydrogen-bond acceptors (Lipinski definition) is 1. The van der Waals surface area contributed by atoms with Crippen molar-refractivity contribution < 1.29 is 17.6 Å². The topological polar surface area (TPSA) is 26.0 Å². The van der Waals surface area contributed by atoms with Crippen LogP contribution in [0.1, 0.15) is 18.1 Å². The van der Waals surface area contributed by atoms with Gasteiger partial charge in [-0.25, -0.2) is 4.39 Å². The van der Waals surface area contributed by atoms with Gasteiger partial charge in [0, 0.05) is 9.13 Å². The van der Waals surface area contributed by atoms with Crippen LogP contribution < -0.4 is 5.73 Å². The Morgan fingerprint density at radius 2 is 1.75 bits per heavy atom. The van der Waals surface area contributed by atoms with E-state index in [9.17, 15) is 17.6 Å². The van der Waals surface area contributed by atoms with Crippen molar-refractivity contribution in [2.75, 3.05) is 0 Å². The van der Waals surface area contributed by atoms with Crippen LogP contribution in [-0.2, 0) is 9.72 Å². The maximum atomic E-state index is 13.7. The normalized spacial score (nSPS) is 16.0. The minimum absolute atomic E-state index is 0.152. The summed E-state index contributed by atoms with van der Waals surface area (Å²) in [5.74, 6) is -1.29. The first-order valence-corrected chi connectivity index (χ1v) is 6.24. The first-order chi connectivity index (χ1) is 7.05. The molecular formula is C9H7F4I2N. The van der Waals surface area contributed by atoms with E-state index in [1.54, 1.807) is 22.6 Å². The number of nitrogens with two attached hydrogens (primary N) is 1. The van der Waals surface area contributed by atoms with Gasteiger partial charge in [-0.3, -0.25) is 0 Å². The zero-order chi connectivity index (χ0) is 12.7. The van der Waals surface area contributed by atoms with E-state index in [0.29, 0.717) is 0 Å². The van der Waals surface area contributed by atoms with Gasteiger partial charge in [0.15, 0.2) is 0 Å². The maximum Gasteiger partial charge on any atom is 0.420 e. The van der Waals surface area contributed by atoms with Gasteiger partial charge in [0.2, 0.25) is 0 Å². The second kappa shape index (κ2) is 4.56. The van der Waals surface area contributed by atoms with Crippen molar-refractivity contribution in [3.8, 4) is 0 Å². The zero-order valence-electron chi connectivity index (χ0n) is 8.00. The average molecular weight is 459 g/mol. The van der Waals surface area contributed by atoms with Crippen LogP contribution >= 0.6 is 45.2 Å². The van der Waals surface area contributed by atoms with Crippen LogP contribution in [0.3, 0.4) is 0 Å². The van der Waals surface area contributed by atoms with Crippen LogP contribution in [0.2, 0.25) is 0 Å². The van der Waals surface area contributed by atoms with E-state index < -0.39 is 21.1 Å². The summed E-state index contributed by atoms with van der Waals surface area (Å²) >= 11 is 3.15. The molecule has 0 aliphatic heterocycles. The fraction of sp³-hybridized carbons (Fsp3) is 0.333. The molecule has 0 unspecified atom stereocenters. The number of halogens is 6. The fourth-order valence-corrected chi connectivity index (χ4v) is 2.33. The number of rotatable bonds is 1. The molecule has 90 valence electrons. The number of hydrogen-bond donors (Lipinski definition) is 1. The van der Waals surface area contributed by atoms with Gasteiger partial charge < -0.3 is 5.73 Å². The Bertz CT molecular complexity index is 409. The molecule has 0 saturated heterocycles. The van der Waals surface area contributed by atoms with Crippen LogP contribution in [0.4, 0.5) is 17.6 Å². The molecule has 0 aliphatic rings. The largest absolute Gasteiger partial charge is 0.420 e. The highest BCUT2D eigenvalue weighted by atomic mass is 127. The summed E-state index contributed by atoms with van der Waals surface area (Å²) in [7, 11) is 0. The molecule has 0 saturated carbocycles. The SMILES string of the molecule is C[C@@](N)(I)c1ccc(I)c(C(F)(F)F)c1F. The molecule has 1 aromatic rings. The highest BCUT2D eigenvalue weighted by Crippen LogP contribution is 2.39. The summed E-state index contributed by atoms with van der Waals surface area (Å²) < 4.78 is 50.1. The van der Waals surface area contributed by atoms with E-state index in [-0.39, 0.29) is 9.13 Å². The standard InChI is InChI=1S/C9H7F4I2N/c1-8(15,16)4-2-3-5(14)6(7(4)10)9(11,12)13/h2-3H,16H2,1H3/t8-/m0/s1. The van der Waals surface area contributed by atoms with Crippen molar-refractivity contribution in [3.63, 3.8) is 0 Å². The van der Waals surface area contributed by atoms with Gasteiger partial charge in [-0.2, -0.15) is 13.2 Å². The second-order valence-corrected chi connectivity index (χ2v) is 6.76. The Morgan fingerprint density at radius 3 is 2.12 bits per heavy atom. The lowest BCUT2D eigenvalue weighted by atomic mass is 10.0. The fourth-order valence-electron chi connectivity index (χ4n) is 1.19. The third-order valence-electron chi connectivity index (χ3n) is 1.90. The summed E-state index contributed by atoms with van der Waals surface area (Å²) in [6.45, 7) is 1.44. The van der Waals surface area contributed by atoms with E-state index >= 15 is 0 Å². The smallest absolute Gasteiger partial charge is 0.313 e. The van der Waals surface area contributed by atoms with Gasteiger partial charge in [0.1, 0.15) is 11.4 Å². The third-order valence-corrected chi connectivity index (χ3v) is 3.38. The average Bonchev–Trinajstić information content (AvgIpc) is 1.97. The van der Waals surface area contributed by atoms with Crippen LogP contribution in [0.15, 0.2) is 12.1 Å². The van der Waals surface area contributed by atoms with E-state index in [4.69, 9.17) is 5.73 Å². The lowest BCUT2D eigenvalue weighted by Crippen LogP contribution is -2.28. The lowest BCUT2D eigenvalue weighted by Gasteiger charge is -2.21. The maximum absolute atomic E-state index is 13.7. The summed E-state index contributed by atoms with van der Waals surface area (Å²) in [6, 6.07) is 2.49. The third kappa shape index (κ3) is 2.97. The Morgan fingerprint density at radius 1 is 1.25 bits per heavy atom. The molecule has 7 heteroatoms. The highest BCUT2D eigenvalue weighted by molar-refractivity contribution is 14.1. The summed E-state index contributed by atoms with van der Waals surface area (Å²) in [5.41, 5.74) is 4.19. The van der Waals surface area contributed by atoms with Crippen molar-refractivity contribution in [1.29, 1.82) is 0 Å². The Kier molecular flexibility index (Phi) is 4.11. The highest BCUT2D eigenvalue weighted by Gasteiger charge is 2.39. The van der Waals surface area contributed by atoms with Crippen LogP contribution in [0.5, 0.6) is 0 Å². The quantitative estimate of drug-likeness (QED) is 0.292. The van der Waals surface area contributed by atoms with Gasteiger partial charge in [-0.1, -0.05) is 28.7 Å². The van der Waals surface area contributed by atoms with Crippen molar-refractivity contribution in [2.24, 2.45) is 5.73 Å². The van der Waals surface area contributed by atoms with Gasteiger partial charge >= 0.3 is 6.18 Å². The molecule has 16 heavy (non-hydrogen) atoms. The molecule has 1 atom stereocenters. The first kappa shape index (κ1) is 14.4. The monoisotopic (exact) mass is 459 g/mol. The minimum atomic E-state index is -4.71. The Labute approximate surface area is 117 Å². The van der Waals surface area contributed by atoms with E-state index in [0.717, 1.165) is 0 Å². The molecule has 0 heterocycles. The molecule has 1 rings (SSSR count). The molecule has 0 aromatic heterocycles. The Balaban J connectivity index is 3.52. The predicted molar refractivity (Wildman–Crippen MR) is 69.7 cm³/mol. The molecule has 1 aromatic carbocycles. The second-order valence-electron chi connectivity index (χ2n) is 3.36. The van der Waals surface area contributed by atoms with Gasteiger partial charge in [0.25, 0.3) is 0 Å². The zero-order valence-corrected chi connectivity index (χ0v) is 12.3. The van der Waals surface area contributed by atoms with Crippen molar-refractivity contribution >= 4 is 45.2 Å². The predicted octanol–water partition coefficient (Wildman–Crippen LogP) is 4.02. The van der Waals surface area contributed by atoms with Crippen molar-refractivity contribution in [2.45, 2.75) is 16.6 Å². The molecule has 0 fully saturated rings. The molecular weight excluding hydrogens is 452 g/mol. The Hall–Kier alpha value is 0.360. The van der Waals surface area contributed by atoms with Crippen LogP contribution in [-0.4, -0.2) is 0 Å². The molecule has 0 spiro atoms. The molecule has 0 amide bonds. The molecule has 2 N–H and O–H groups in total. The van der Waals surface area contributed by atoms with Crippen molar-refractivity contribution in [1.82, 2.24) is 0 Å². The summed E-state index contributed by atoms with van der Waals surface area (Å²) in [5, 5.41) is 0. The van der Waals surface area contributed by atoms with Gasteiger partial charge in [-0.05, 0) is 35.6 Å². The summed E-state index contributed by atoms with van der Waals surface area (Å²) in [6.07, 6.45) is -4.71. The van der Waals surface area contributed by atoms with E-state index in [2.05, 4.69) is 0 Å². The number of benzene rings is 1. The molecule has 0 bridgehead atoms. The van der Waals surface area contributed by atoms with Crippen LogP contribution in [0, 0.1) is 9.39 Å². The summed E-state index contributed by atoms with van der Waals surface area (Å²) in [4.78, 5) is 0. The molecule has 1 nitrogen and oxygen atoms in total. The number of alkyl halides is 4. The van der Waals surface area contributed by atoms with Crippen molar-refractivity contribution in [3.05, 3.63) is 32.6 Å². The van der Waals surface area contributed by atoms with E-state index in [1.807, 2.05) is 0 Å². The van der Waals surface area contributed by atoms with Gasteiger partial charge in [-0.15, -0.1) is 0 Å². The molecule has 0 radical (unpaired) electrons. The van der Waals surface area contributed by atoms with Gasteiger partial charge in [0.05, 0.1) is 3.55 Å². The minimum Gasteiger partial charge on any atom is -0.313 e. The molecule has 0 aliphatic carbocycles. The van der Waals surface area contributed by atoms with Crippen LogP contribution in [0.25, 0.3) is 0 Å². The lowest BCUT2D eigenvalue weighted by molar-refractivity contribution is -0.140. The van der Waals surface area contributed by atoms with E-state index in [1.165, 1.54) is 41.6 Å².